The Morgan fingerprint density at radius 2 is 1.81 bits per heavy atom. The molecule has 0 aromatic heterocycles. The topological polar surface area (TPSA) is 122 Å². The summed E-state index contributed by atoms with van der Waals surface area (Å²) in [6.07, 6.45) is 0. The van der Waals surface area contributed by atoms with Crippen LogP contribution < -0.4 is 20.9 Å². The van der Waals surface area contributed by atoms with Crippen LogP contribution in [0.2, 0.25) is 0 Å². The number of nitrogens with zero attached hydrogens (tertiary/aromatic N) is 2. The Balaban J connectivity index is 1.90. The molecule has 0 radical (unpaired) electrons. The highest BCUT2D eigenvalue weighted by Crippen LogP contribution is 2.24. The Labute approximate surface area is 179 Å². The van der Waals surface area contributed by atoms with E-state index in [0.29, 0.717) is 11.4 Å². The number of anilines is 1. The van der Waals surface area contributed by atoms with Crippen LogP contribution in [0.1, 0.15) is 15.9 Å². The first-order valence-electron chi connectivity index (χ1n) is 9.44. The standard InChI is InChI=1S/C20H23FN4O5S/c1-30-17-6-4-16(5-7-17)25(20(27)24-8-10-31(28,29)11-9-24)13-15-3-2-14(12-18(15)21)19(26)23-22/h2-7,12H,8-11,13,22H2,1H3,(H,23,26). The first-order chi connectivity index (χ1) is 14.7. The van der Waals surface area contributed by atoms with Crippen LogP contribution in [0.15, 0.2) is 42.5 Å². The van der Waals surface area contributed by atoms with Crippen molar-refractivity contribution in [1.29, 1.82) is 0 Å². The van der Waals surface area contributed by atoms with Crippen molar-refractivity contribution in [2.24, 2.45) is 5.84 Å². The molecule has 0 atom stereocenters. The minimum atomic E-state index is -3.17. The molecule has 0 spiro atoms. The number of hydrogen-bond acceptors (Lipinski definition) is 6. The molecular formula is C20H23FN4O5S. The first-order valence-corrected chi connectivity index (χ1v) is 11.3. The van der Waals surface area contributed by atoms with Gasteiger partial charge in [0.15, 0.2) is 9.84 Å². The summed E-state index contributed by atoms with van der Waals surface area (Å²) in [5.41, 5.74) is 2.66. The van der Waals surface area contributed by atoms with Crippen LogP contribution in [-0.4, -0.2) is 57.0 Å². The van der Waals surface area contributed by atoms with E-state index in [2.05, 4.69) is 0 Å². The maximum atomic E-state index is 14.7. The van der Waals surface area contributed by atoms with Crippen LogP contribution in [0.5, 0.6) is 5.75 Å². The Morgan fingerprint density at radius 1 is 1.16 bits per heavy atom. The molecule has 2 aromatic rings. The normalized spacial score (nSPS) is 15.3. The molecule has 1 saturated heterocycles. The third-order valence-corrected chi connectivity index (χ3v) is 6.61. The fourth-order valence-electron chi connectivity index (χ4n) is 3.18. The van der Waals surface area contributed by atoms with Gasteiger partial charge >= 0.3 is 6.03 Å². The van der Waals surface area contributed by atoms with Gasteiger partial charge in [0.25, 0.3) is 5.91 Å². The second-order valence-electron chi connectivity index (χ2n) is 6.99. The molecule has 0 unspecified atom stereocenters. The van der Waals surface area contributed by atoms with E-state index < -0.39 is 27.6 Å². The van der Waals surface area contributed by atoms with E-state index in [1.165, 1.54) is 29.0 Å². The van der Waals surface area contributed by atoms with E-state index in [0.717, 1.165) is 6.07 Å². The molecule has 166 valence electrons. The number of carbonyl (C=O) groups excluding carboxylic acids is 2. The van der Waals surface area contributed by atoms with E-state index in [4.69, 9.17) is 10.6 Å². The summed E-state index contributed by atoms with van der Waals surface area (Å²) in [6, 6.07) is 10.1. The molecular weight excluding hydrogens is 427 g/mol. The number of methoxy groups -OCH3 is 1. The van der Waals surface area contributed by atoms with Crippen LogP contribution >= 0.6 is 0 Å². The SMILES string of the molecule is COc1ccc(N(Cc2ccc(C(=O)NN)cc2F)C(=O)N2CCS(=O)(=O)CC2)cc1. The van der Waals surface area contributed by atoms with Gasteiger partial charge in [-0.1, -0.05) is 6.07 Å². The van der Waals surface area contributed by atoms with Gasteiger partial charge in [0.05, 0.1) is 25.2 Å². The molecule has 2 aromatic carbocycles. The number of nitrogen functional groups attached to an aromatic ring is 1. The number of hydrogen-bond donors (Lipinski definition) is 2. The number of sulfone groups is 1. The predicted molar refractivity (Wildman–Crippen MR) is 113 cm³/mol. The number of halogens is 1. The van der Waals surface area contributed by atoms with Crippen LogP contribution in [0.3, 0.4) is 0 Å². The van der Waals surface area contributed by atoms with Crippen molar-refractivity contribution in [3.63, 3.8) is 0 Å². The van der Waals surface area contributed by atoms with E-state index in [-0.39, 0.29) is 42.3 Å². The summed E-state index contributed by atoms with van der Waals surface area (Å²) in [7, 11) is -1.65. The third-order valence-electron chi connectivity index (χ3n) is 5.00. The molecule has 31 heavy (non-hydrogen) atoms. The quantitative estimate of drug-likeness (QED) is 0.402. The van der Waals surface area contributed by atoms with Gasteiger partial charge in [0, 0.05) is 29.9 Å². The number of rotatable bonds is 5. The zero-order chi connectivity index (χ0) is 22.6. The Morgan fingerprint density at radius 3 is 2.35 bits per heavy atom. The zero-order valence-electron chi connectivity index (χ0n) is 16.9. The van der Waals surface area contributed by atoms with Crippen LogP contribution in [0, 0.1) is 5.82 Å². The average molecular weight is 450 g/mol. The summed E-state index contributed by atoms with van der Waals surface area (Å²) in [5, 5.41) is 0. The van der Waals surface area contributed by atoms with Gasteiger partial charge in [-0.2, -0.15) is 0 Å². The van der Waals surface area contributed by atoms with Gasteiger partial charge in [-0.15, -0.1) is 0 Å². The smallest absolute Gasteiger partial charge is 0.324 e. The van der Waals surface area contributed by atoms with Crippen molar-refractivity contribution in [3.8, 4) is 5.75 Å². The van der Waals surface area contributed by atoms with Crippen molar-refractivity contribution in [2.75, 3.05) is 36.6 Å². The van der Waals surface area contributed by atoms with Gasteiger partial charge in [0.2, 0.25) is 0 Å². The molecule has 1 fully saturated rings. The Hall–Kier alpha value is -3.18. The molecule has 3 amide bonds. The first kappa shape index (κ1) is 22.5. The van der Waals surface area contributed by atoms with Gasteiger partial charge in [-0.3, -0.25) is 15.1 Å². The highest BCUT2D eigenvalue weighted by atomic mass is 32.2. The Kier molecular flexibility index (Phi) is 6.76. The molecule has 1 aliphatic heterocycles. The van der Waals surface area contributed by atoms with Crippen LogP contribution in [0.4, 0.5) is 14.9 Å². The molecule has 11 heteroatoms. The molecule has 3 rings (SSSR count). The minimum absolute atomic E-state index is 0.0484. The van der Waals surface area contributed by atoms with E-state index in [9.17, 15) is 22.4 Å². The van der Waals surface area contributed by atoms with Gasteiger partial charge in [-0.05, 0) is 36.4 Å². The molecule has 0 saturated carbocycles. The van der Waals surface area contributed by atoms with Gasteiger partial charge in [-0.25, -0.2) is 23.4 Å². The predicted octanol–water partition coefficient (Wildman–Crippen LogP) is 1.29. The van der Waals surface area contributed by atoms with Crippen molar-refractivity contribution in [3.05, 3.63) is 59.4 Å². The van der Waals surface area contributed by atoms with E-state index in [1.807, 2.05) is 5.43 Å². The largest absolute Gasteiger partial charge is 0.497 e. The van der Waals surface area contributed by atoms with Crippen molar-refractivity contribution < 1.29 is 27.1 Å². The zero-order valence-corrected chi connectivity index (χ0v) is 17.7. The van der Waals surface area contributed by atoms with Crippen molar-refractivity contribution in [2.45, 2.75) is 6.54 Å². The molecule has 9 nitrogen and oxygen atoms in total. The van der Waals surface area contributed by atoms with Crippen LogP contribution in [0.25, 0.3) is 0 Å². The van der Waals surface area contributed by atoms with Crippen molar-refractivity contribution in [1.82, 2.24) is 10.3 Å². The number of nitrogens with one attached hydrogen (secondary N) is 1. The molecule has 0 bridgehead atoms. The third kappa shape index (κ3) is 5.30. The lowest BCUT2D eigenvalue weighted by molar-refractivity contribution is 0.0953. The molecule has 0 aliphatic carbocycles. The summed E-state index contributed by atoms with van der Waals surface area (Å²) >= 11 is 0. The summed E-state index contributed by atoms with van der Waals surface area (Å²) in [4.78, 5) is 27.6. The minimum Gasteiger partial charge on any atom is -0.497 e. The van der Waals surface area contributed by atoms with Gasteiger partial charge in [0.1, 0.15) is 11.6 Å². The highest BCUT2D eigenvalue weighted by Gasteiger charge is 2.29. The fraction of sp³-hybridized carbons (Fsp3) is 0.300. The lowest BCUT2D eigenvalue weighted by Gasteiger charge is -2.33. The molecule has 3 N–H and O–H groups in total. The molecule has 1 heterocycles. The second kappa shape index (κ2) is 9.31. The summed E-state index contributed by atoms with van der Waals surface area (Å²) in [6.45, 7) is 0.00257. The van der Waals surface area contributed by atoms with Crippen molar-refractivity contribution >= 4 is 27.5 Å². The number of carbonyl (C=O) groups is 2. The average Bonchev–Trinajstić information content (AvgIpc) is 2.77. The fourth-order valence-corrected chi connectivity index (χ4v) is 4.38. The molecule has 1 aliphatic rings. The lowest BCUT2D eigenvalue weighted by atomic mass is 10.1. The number of ether oxygens (including phenoxy) is 1. The van der Waals surface area contributed by atoms with Crippen LogP contribution in [-0.2, 0) is 16.4 Å². The maximum Gasteiger partial charge on any atom is 0.324 e. The number of benzene rings is 2. The number of nitrogens with two attached hydrogens (primary N) is 1. The number of urea groups is 1. The van der Waals surface area contributed by atoms with Gasteiger partial charge < -0.3 is 9.64 Å². The van der Waals surface area contributed by atoms with E-state index >= 15 is 0 Å². The lowest BCUT2D eigenvalue weighted by Crippen LogP contribution is -2.49. The summed E-state index contributed by atoms with van der Waals surface area (Å²) < 4.78 is 43.3. The second-order valence-corrected chi connectivity index (χ2v) is 9.29. The highest BCUT2D eigenvalue weighted by molar-refractivity contribution is 7.91. The number of amides is 3. The summed E-state index contributed by atoms with van der Waals surface area (Å²) in [5.74, 6) is 4.12. The number of hydrazine groups is 1. The monoisotopic (exact) mass is 450 g/mol. The maximum absolute atomic E-state index is 14.7. The Bertz CT molecular complexity index is 1060. The van der Waals surface area contributed by atoms with E-state index in [1.54, 1.807) is 24.3 Å².